The Balaban J connectivity index is 1.95. The molecule has 0 fully saturated rings. The number of nitrogens with zero attached hydrogens (tertiary/aromatic N) is 2. The van der Waals surface area contributed by atoms with Crippen LogP contribution < -0.4 is 10.6 Å². The highest BCUT2D eigenvalue weighted by Crippen LogP contribution is 2.32. The molecule has 0 spiro atoms. The van der Waals surface area contributed by atoms with Gasteiger partial charge in [0.05, 0.1) is 5.69 Å². The van der Waals surface area contributed by atoms with Crippen LogP contribution in [-0.2, 0) is 0 Å². The molecule has 0 aliphatic heterocycles. The second-order valence-corrected chi connectivity index (χ2v) is 6.06. The lowest BCUT2D eigenvalue weighted by Crippen LogP contribution is -2.15. The van der Waals surface area contributed by atoms with Crippen molar-refractivity contribution in [2.24, 2.45) is 0 Å². The summed E-state index contributed by atoms with van der Waals surface area (Å²) in [4.78, 5) is 7.02. The third-order valence-electron chi connectivity index (χ3n) is 3.53. The minimum absolute atomic E-state index is 0.762. The molecular weight excluding hydrogens is 290 g/mol. The van der Waals surface area contributed by atoms with Gasteiger partial charge in [-0.3, -0.25) is 0 Å². The van der Waals surface area contributed by atoms with Gasteiger partial charge in [0, 0.05) is 28.9 Å². The second-order valence-electron chi connectivity index (χ2n) is 5.22. The third kappa shape index (κ3) is 2.97. The molecule has 4 heteroatoms. The number of anilines is 3. The topological polar surface area (TPSA) is 42.2 Å². The number of thiazole rings is 1. The first kappa shape index (κ1) is 14.6. The predicted molar refractivity (Wildman–Crippen MR) is 95.8 cm³/mol. The first-order chi connectivity index (χ1) is 10.7. The van der Waals surface area contributed by atoms with Crippen LogP contribution >= 0.6 is 11.3 Å². The molecule has 3 nitrogen and oxygen atoms in total. The molecule has 0 amide bonds. The van der Waals surface area contributed by atoms with E-state index in [1.54, 1.807) is 11.3 Å². The Morgan fingerprint density at radius 3 is 2.68 bits per heavy atom. The number of hydrogen-bond donors (Lipinski definition) is 1. The van der Waals surface area contributed by atoms with E-state index in [9.17, 15) is 0 Å². The van der Waals surface area contributed by atoms with Gasteiger partial charge in [-0.15, -0.1) is 11.3 Å². The fraction of sp³-hybridized carbons (Fsp3) is 0.167. The Morgan fingerprint density at radius 2 is 1.95 bits per heavy atom. The summed E-state index contributed by atoms with van der Waals surface area (Å²) in [6.45, 7) is 5.13. The molecule has 112 valence electrons. The van der Waals surface area contributed by atoms with E-state index < -0.39 is 0 Å². The highest BCUT2D eigenvalue weighted by molar-refractivity contribution is 7.14. The van der Waals surface area contributed by atoms with Gasteiger partial charge < -0.3 is 10.6 Å². The van der Waals surface area contributed by atoms with Crippen molar-refractivity contribution in [1.82, 2.24) is 4.98 Å². The van der Waals surface area contributed by atoms with Crippen LogP contribution in [0.3, 0.4) is 0 Å². The Labute approximate surface area is 135 Å². The first-order valence-corrected chi connectivity index (χ1v) is 8.21. The van der Waals surface area contributed by atoms with Crippen LogP contribution in [0.25, 0.3) is 11.3 Å². The number of hydrogen-bond acceptors (Lipinski definition) is 4. The molecule has 0 atom stereocenters. The normalized spacial score (nSPS) is 10.6. The average molecular weight is 309 g/mol. The van der Waals surface area contributed by atoms with Crippen LogP contribution in [0.15, 0.2) is 53.9 Å². The van der Waals surface area contributed by atoms with E-state index in [-0.39, 0.29) is 0 Å². The van der Waals surface area contributed by atoms with E-state index in [4.69, 9.17) is 10.7 Å². The summed E-state index contributed by atoms with van der Waals surface area (Å²) in [5.74, 6) is 0. The van der Waals surface area contributed by atoms with Crippen LogP contribution in [0.4, 0.5) is 16.5 Å². The fourth-order valence-electron chi connectivity index (χ4n) is 2.44. The van der Waals surface area contributed by atoms with Crippen molar-refractivity contribution in [2.45, 2.75) is 13.8 Å². The van der Waals surface area contributed by atoms with E-state index in [1.807, 2.05) is 24.3 Å². The van der Waals surface area contributed by atoms with Crippen molar-refractivity contribution < 1.29 is 0 Å². The number of aryl methyl sites for hydroxylation is 1. The Hall–Kier alpha value is -2.33. The maximum Gasteiger partial charge on any atom is 0.190 e. The summed E-state index contributed by atoms with van der Waals surface area (Å²) in [5, 5.41) is 3.09. The summed E-state index contributed by atoms with van der Waals surface area (Å²) >= 11 is 1.66. The van der Waals surface area contributed by atoms with E-state index in [0.29, 0.717) is 0 Å². The van der Waals surface area contributed by atoms with E-state index in [1.165, 1.54) is 11.3 Å². The van der Waals surface area contributed by atoms with Crippen molar-refractivity contribution in [3.05, 3.63) is 59.5 Å². The zero-order valence-corrected chi connectivity index (χ0v) is 13.6. The molecule has 0 unspecified atom stereocenters. The van der Waals surface area contributed by atoms with Crippen molar-refractivity contribution in [3.63, 3.8) is 0 Å². The molecule has 0 saturated heterocycles. The molecule has 1 aromatic heterocycles. The molecular formula is C18H19N3S. The molecule has 1 heterocycles. The quantitative estimate of drug-likeness (QED) is 0.700. The minimum Gasteiger partial charge on any atom is -0.399 e. The summed E-state index contributed by atoms with van der Waals surface area (Å²) in [7, 11) is 0. The van der Waals surface area contributed by atoms with Crippen molar-refractivity contribution >= 4 is 27.8 Å². The van der Waals surface area contributed by atoms with Gasteiger partial charge in [0.2, 0.25) is 0 Å². The first-order valence-electron chi connectivity index (χ1n) is 7.33. The van der Waals surface area contributed by atoms with E-state index in [2.05, 4.69) is 48.4 Å². The summed E-state index contributed by atoms with van der Waals surface area (Å²) < 4.78 is 0. The zero-order chi connectivity index (χ0) is 15.5. The zero-order valence-electron chi connectivity index (χ0n) is 12.8. The van der Waals surface area contributed by atoms with Gasteiger partial charge in [-0.1, -0.05) is 24.3 Å². The van der Waals surface area contributed by atoms with Crippen molar-refractivity contribution in [2.75, 3.05) is 17.2 Å². The summed E-state index contributed by atoms with van der Waals surface area (Å²) in [6, 6.07) is 16.4. The van der Waals surface area contributed by atoms with Gasteiger partial charge >= 0.3 is 0 Å². The third-order valence-corrected chi connectivity index (χ3v) is 4.40. The molecule has 2 aromatic carbocycles. The van der Waals surface area contributed by atoms with Gasteiger partial charge in [-0.25, -0.2) is 4.98 Å². The van der Waals surface area contributed by atoms with Crippen molar-refractivity contribution in [1.29, 1.82) is 0 Å². The lowest BCUT2D eigenvalue weighted by molar-refractivity contribution is 1.01. The van der Waals surface area contributed by atoms with Crippen LogP contribution in [0.5, 0.6) is 0 Å². The summed E-state index contributed by atoms with van der Waals surface area (Å²) in [5.41, 5.74) is 11.1. The van der Waals surface area contributed by atoms with E-state index in [0.717, 1.165) is 28.6 Å². The largest absolute Gasteiger partial charge is 0.399 e. The Bertz CT molecular complexity index is 779. The molecule has 3 aromatic rings. The van der Waals surface area contributed by atoms with Crippen LogP contribution in [-0.4, -0.2) is 11.5 Å². The van der Waals surface area contributed by atoms with E-state index >= 15 is 0 Å². The highest BCUT2D eigenvalue weighted by Gasteiger charge is 2.12. The number of rotatable bonds is 4. The number of nitrogen functional groups attached to an aromatic ring is 1. The van der Waals surface area contributed by atoms with Crippen molar-refractivity contribution in [3.8, 4) is 11.3 Å². The monoisotopic (exact) mass is 309 g/mol. The molecule has 22 heavy (non-hydrogen) atoms. The lowest BCUT2D eigenvalue weighted by Gasteiger charge is -2.20. The number of aromatic nitrogens is 1. The van der Waals surface area contributed by atoms with Gasteiger partial charge in [0.15, 0.2) is 5.13 Å². The predicted octanol–water partition coefficient (Wildman–Crippen LogP) is 4.86. The molecule has 0 radical (unpaired) electrons. The molecule has 0 aliphatic rings. The Kier molecular flexibility index (Phi) is 4.11. The van der Waals surface area contributed by atoms with Crippen LogP contribution in [0.1, 0.15) is 12.5 Å². The Morgan fingerprint density at radius 1 is 1.14 bits per heavy atom. The molecule has 0 saturated carbocycles. The van der Waals surface area contributed by atoms with Gasteiger partial charge in [0.25, 0.3) is 0 Å². The molecule has 2 N–H and O–H groups in total. The standard InChI is InChI=1S/C18H19N3S/c1-3-21(16-9-4-6-13(2)10-16)18-20-17(12-22-18)14-7-5-8-15(19)11-14/h4-12H,3,19H2,1-2H3. The highest BCUT2D eigenvalue weighted by atomic mass is 32.1. The smallest absolute Gasteiger partial charge is 0.190 e. The SMILES string of the molecule is CCN(c1cccc(C)c1)c1nc(-c2cccc(N)c2)cs1. The fourth-order valence-corrected chi connectivity index (χ4v) is 3.36. The van der Waals surface area contributed by atoms with Gasteiger partial charge in [-0.2, -0.15) is 0 Å². The number of nitrogens with two attached hydrogens (primary N) is 1. The maximum atomic E-state index is 5.86. The summed E-state index contributed by atoms with van der Waals surface area (Å²) in [6.07, 6.45) is 0. The van der Waals surface area contributed by atoms with Crippen LogP contribution in [0.2, 0.25) is 0 Å². The molecule has 0 aliphatic carbocycles. The van der Waals surface area contributed by atoms with Gasteiger partial charge in [0.1, 0.15) is 0 Å². The molecule has 0 bridgehead atoms. The maximum absolute atomic E-state index is 5.86. The minimum atomic E-state index is 0.762. The number of benzene rings is 2. The van der Waals surface area contributed by atoms with Gasteiger partial charge in [-0.05, 0) is 43.7 Å². The lowest BCUT2D eigenvalue weighted by atomic mass is 10.1. The molecule has 3 rings (SSSR count). The average Bonchev–Trinajstić information content (AvgIpc) is 2.98. The van der Waals surface area contributed by atoms with Crippen LogP contribution in [0, 0.1) is 6.92 Å². The second kappa shape index (κ2) is 6.20.